The van der Waals surface area contributed by atoms with Crippen molar-refractivity contribution < 1.29 is 19.8 Å². The van der Waals surface area contributed by atoms with Gasteiger partial charge in [0.25, 0.3) is 0 Å². The first-order valence-electron chi connectivity index (χ1n) is 8.05. The smallest absolute Gasteiger partial charge is 0.332 e. The number of hydrogen-bond donors (Lipinski definition) is 3. The molecule has 1 unspecified atom stereocenters. The highest BCUT2D eigenvalue weighted by atomic mass is 16.4. The van der Waals surface area contributed by atoms with Crippen LogP contribution < -0.4 is 5.73 Å². The van der Waals surface area contributed by atoms with Crippen LogP contribution in [0.2, 0.25) is 0 Å². The van der Waals surface area contributed by atoms with Crippen LogP contribution in [-0.2, 0) is 9.59 Å². The Balaban J connectivity index is 0.000000269. The van der Waals surface area contributed by atoms with Crippen molar-refractivity contribution in [2.45, 2.75) is 25.9 Å². The summed E-state index contributed by atoms with van der Waals surface area (Å²) in [7, 11) is 0. The van der Waals surface area contributed by atoms with Crippen LogP contribution in [0.5, 0.6) is 0 Å². The Morgan fingerprint density at radius 1 is 1.04 bits per heavy atom. The number of aliphatic hydroxyl groups is 1. The van der Waals surface area contributed by atoms with E-state index in [9.17, 15) is 4.79 Å². The molecule has 0 saturated carbocycles. The molecule has 25 heavy (non-hydrogen) atoms. The van der Waals surface area contributed by atoms with Crippen molar-refractivity contribution in [3.63, 3.8) is 0 Å². The van der Waals surface area contributed by atoms with Gasteiger partial charge in [-0.3, -0.25) is 0 Å². The van der Waals surface area contributed by atoms with E-state index in [0.29, 0.717) is 12.5 Å². The van der Waals surface area contributed by atoms with Crippen LogP contribution in [0.15, 0.2) is 48.5 Å². The fourth-order valence-corrected chi connectivity index (χ4v) is 2.80. The van der Waals surface area contributed by atoms with E-state index in [1.165, 1.54) is 22.3 Å². The lowest BCUT2D eigenvalue weighted by Crippen LogP contribution is -2.25. The summed E-state index contributed by atoms with van der Waals surface area (Å²) in [6, 6.07) is 17.1. The monoisotopic (exact) mass is 343 g/mol. The molecule has 0 spiro atoms. The number of carbonyl (C=O) groups excluding carboxylic acids is 1. The summed E-state index contributed by atoms with van der Waals surface area (Å²) < 4.78 is 0. The standard InChI is InChI=1S/C14H13N.C5H10O3.CH2O/c15-9-14-12-7-3-1-5-10(12)11-6-2-4-8-13(11)14;1-3(2)4(6)5(7)8;1-2/h1-8,14H,9,15H2;3-4,6H,1-2H3,(H,7,8);1H2. The largest absolute Gasteiger partial charge is 0.479 e. The molecule has 1 aliphatic carbocycles. The fraction of sp³-hybridized carbons (Fsp3) is 0.300. The van der Waals surface area contributed by atoms with Crippen LogP contribution in [0.3, 0.4) is 0 Å². The average molecular weight is 343 g/mol. The number of aliphatic hydroxyl groups excluding tert-OH is 1. The molecule has 0 fully saturated rings. The molecule has 0 aromatic heterocycles. The van der Waals surface area contributed by atoms with Crippen LogP contribution in [0.25, 0.3) is 11.1 Å². The van der Waals surface area contributed by atoms with Crippen LogP contribution in [0, 0.1) is 5.92 Å². The van der Waals surface area contributed by atoms with Gasteiger partial charge in [0.05, 0.1) is 0 Å². The van der Waals surface area contributed by atoms with Crippen molar-refractivity contribution in [3.8, 4) is 11.1 Å². The maximum atomic E-state index is 9.89. The Hall–Kier alpha value is -2.50. The van der Waals surface area contributed by atoms with Gasteiger partial charge in [-0.05, 0) is 28.2 Å². The van der Waals surface area contributed by atoms with E-state index in [0.717, 1.165) is 0 Å². The first kappa shape index (κ1) is 20.5. The lowest BCUT2D eigenvalue weighted by atomic mass is 9.97. The number of fused-ring (bicyclic) bond motifs is 3. The van der Waals surface area contributed by atoms with Gasteiger partial charge in [0.1, 0.15) is 6.79 Å². The van der Waals surface area contributed by atoms with Gasteiger partial charge >= 0.3 is 5.97 Å². The van der Waals surface area contributed by atoms with Crippen molar-refractivity contribution in [2.24, 2.45) is 11.7 Å². The zero-order valence-electron chi connectivity index (χ0n) is 14.6. The molecule has 3 rings (SSSR count). The Bertz CT molecular complexity index is 654. The predicted octanol–water partition coefficient (Wildman–Crippen LogP) is 2.66. The second-order valence-corrected chi connectivity index (χ2v) is 5.99. The molecule has 2 aromatic carbocycles. The minimum absolute atomic E-state index is 0.201. The first-order chi connectivity index (χ1) is 12.0. The topological polar surface area (TPSA) is 101 Å². The van der Waals surface area contributed by atoms with Crippen molar-refractivity contribution in [1.29, 1.82) is 0 Å². The Labute approximate surface area is 148 Å². The number of benzene rings is 2. The SMILES string of the molecule is C=O.CC(C)C(O)C(=O)O.NCC1c2ccccc2-c2ccccc21. The fourth-order valence-electron chi connectivity index (χ4n) is 2.80. The number of nitrogens with two attached hydrogens (primary N) is 1. The molecule has 0 amide bonds. The summed E-state index contributed by atoms with van der Waals surface area (Å²) in [6.07, 6.45) is -1.21. The lowest BCUT2D eigenvalue weighted by Gasteiger charge is -2.09. The molecular formula is C20H25NO4. The highest BCUT2D eigenvalue weighted by Gasteiger charge is 2.26. The van der Waals surface area contributed by atoms with E-state index in [-0.39, 0.29) is 5.92 Å². The van der Waals surface area contributed by atoms with Crippen LogP contribution in [-0.4, -0.2) is 35.6 Å². The second kappa shape index (κ2) is 9.71. The van der Waals surface area contributed by atoms with Crippen LogP contribution >= 0.6 is 0 Å². The van der Waals surface area contributed by atoms with Gasteiger partial charge in [-0.25, -0.2) is 4.79 Å². The molecule has 4 N–H and O–H groups in total. The van der Waals surface area contributed by atoms with Gasteiger partial charge in [0.2, 0.25) is 0 Å². The first-order valence-corrected chi connectivity index (χ1v) is 8.05. The van der Waals surface area contributed by atoms with Gasteiger partial charge < -0.3 is 20.7 Å². The Morgan fingerprint density at radius 3 is 1.72 bits per heavy atom. The predicted molar refractivity (Wildman–Crippen MR) is 98.4 cm³/mol. The van der Waals surface area contributed by atoms with Crippen molar-refractivity contribution in [3.05, 3.63) is 59.7 Å². The van der Waals surface area contributed by atoms with E-state index in [2.05, 4.69) is 48.5 Å². The molecule has 0 saturated heterocycles. The summed E-state index contributed by atoms with van der Waals surface area (Å²) in [4.78, 5) is 17.9. The third kappa shape index (κ3) is 4.75. The number of carbonyl (C=O) groups is 2. The maximum absolute atomic E-state index is 9.89. The van der Waals surface area contributed by atoms with Gasteiger partial charge in [0.15, 0.2) is 6.10 Å². The Morgan fingerprint density at radius 2 is 1.44 bits per heavy atom. The maximum Gasteiger partial charge on any atom is 0.332 e. The molecular weight excluding hydrogens is 318 g/mol. The van der Waals surface area contributed by atoms with Gasteiger partial charge in [-0.1, -0.05) is 62.4 Å². The third-order valence-electron chi connectivity index (χ3n) is 4.08. The summed E-state index contributed by atoms with van der Waals surface area (Å²) >= 11 is 0. The number of carboxylic acids is 1. The molecule has 134 valence electrons. The van der Waals surface area contributed by atoms with Crippen molar-refractivity contribution >= 4 is 12.8 Å². The highest BCUT2D eigenvalue weighted by Crippen LogP contribution is 2.43. The summed E-state index contributed by atoms with van der Waals surface area (Å²) in [6.45, 7) is 5.99. The van der Waals surface area contributed by atoms with Gasteiger partial charge in [-0.15, -0.1) is 0 Å². The highest BCUT2D eigenvalue weighted by molar-refractivity contribution is 5.78. The van der Waals surface area contributed by atoms with Gasteiger partial charge in [0, 0.05) is 12.5 Å². The van der Waals surface area contributed by atoms with Crippen LogP contribution in [0.4, 0.5) is 0 Å². The molecule has 0 heterocycles. The molecule has 1 aliphatic rings. The van der Waals surface area contributed by atoms with E-state index in [1.807, 2.05) is 6.79 Å². The van der Waals surface area contributed by atoms with Gasteiger partial charge in [-0.2, -0.15) is 0 Å². The molecule has 0 bridgehead atoms. The molecule has 2 aromatic rings. The number of aliphatic carboxylic acids is 1. The van der Waals surface area contributed by atoms with Crippen molar-refractivity contribution in [2.75, 3.05) is 6.54 Å². The molecule has 0 aliphatic heterocycles. The van der Waals surface area contributed by atoms with E-state index in [4.69, 9.17) is 20.7 Å². The average Bonchev–Trinajstić information content (AvgIpc) is 2.97. The van der Waals surface area contributed by atoms with Crippen molar-refractivity contribution in [1.82, 2.24) is 0 Å². The normalized spacial score (nSPS) is 12.8. The second-order valence-electron chi connectivity index (χ2n) is 5.99. The molecule has 0 radical (unpaired) electrons. The number of hydrogen-bond acceptors (Lipinski definition) is 4. The third-order valence-corrected chi connectivity index (χ3v) is 4.08. The molecule has 1 atom stereocenters. The number of carboxylic acid groups (broad SMARTS) is 1. The van der Waals surface area contributed by atoms with E-state index >= 15 is 0 Å². The lowest BCUT2D eigenvalue weighted by molar-refractivity contribution is -0.148. The minimum Gasteiger partial charge on any atom is -0.479 e. The zero-order valence-corrected chi connectivity index (χ0v) is 14.6. The molecule has 5 heteroatoms. The minimum atomic E-state index is -1.21. The van der Waals surface area contributed by atoms with Crippen LogP contribution in [0.1, 0.15) is 30.9 Å². The summed E-state index contributed by atoms with van der Waals surface area (Å²) in [5.74, 6) is -0.968. The quantitative estimate of drug-likeness (QED) is 0.795. The number of rotatable bonds is 3. The Kier molecular flexibility index (Phi) is 7.98. The zero-order chi connectivity index (χ0) is 19.0. The summed E-state index contributed by atoms with van der Waals surface area (Å²) in [5.41, 5.74) is 11.3. The van der Waals surface area contributed by atoms with E-state index in [1.54, 1.807) is 13.8 Å². The molecule has 5 nitrogen and oxygen atoms in total. The summed E-state index contributed by atoms with van der Waals surface area (Å²) in [5, 5.41) is 16.7. The van der Waals surface area contributed by atoms with E-state index < -0.39 is 12.1 Å².